The summed E-state index contributed by atoms with van der Waals surface area (Å²) in [4.78, 5) is 34.7. The van der Waals surface area contributed by atoms with Crippen LogP contribution in [0.2, 0.25) is 0 Å². The number of nitro benzene ring substituents is 1. The standard InChI is InChI=1S/C20H32N3O8P/c1-5-7-13-29-19(24)15(3)21-32(28,22-16(4)20(25)30-14-8-6-2)31-18-11-9-17(10-12-18)23(26)27/h9-12,15-16H,5-8,13-14H2,1-4H3,(H2,21,22,28)/t15-,16-/m0/s1. The molecule has 11 nitrogen and oxygen atoms in total. The third-order valence-corrected chi connectivity index (χ3v) is 6.12. The summed E-state index contributed by atoms with van der Waals surface area (Å²) in [6.45, 7) is 7.25. The van der Waals surface area contributed by atoms with E-state index < -0.39 is 36.6 Å². The summed E-state index contributed by atoms with van der Waals surface area (Å²) in [7, 11) is -4.05. The summed E-state index contributed by atoms with van der Waals surface area (Å²) >= 11 is 0. The van der Waals surface area contributed by atoms with Crippen molar-refractivity contribution in [2.45, 2.75) is 65.5 Å². The first kappa shape index (κ1) is 27.5. The smallest absolute Gasteiger partial charge is 0.391 e. The van der Waals surface area contributed by atoms with Crippen LogP contribution in [-0.4, -0.2) is 42.2 Å². The van der Waals surface area contributed by atoms with E-state index in [9.17, 15) is 24.3 Å². The van der Waals surface area contributed by atoms with Gasteiger partial charge < -0.3 is 14.0 Å². The topological polar surface area (TPSA) is 146 Å². The van der Waals surface area contributed by atoms with Crippen LogP contribution in [0.15, 0.2) is 24.3 Å². The second-order valence-corrected chi connectivity index (χ2v) is 8.94. The second kappa shape index (κ2) is 13.8. The summed E-state index contributed by atoms with van der Waals surface area (Å²) in [5, 5.41) is 16.0. The number of benzene rings is 1. The molecule has 180 valence electrons. The molecule has 12 heteroatoms. The average molecular weight is 473 g/mol. The van der Waals surface area contributed by atoms with Gasteiger partial charge in [-0.25, -0.2) is 14.7 Å². The maximum absolute atomic E-state index is 13.5. The Morgan fingerprint density at radius 3 is 1.78 bits per heavy atom. The highest BCUT2D eigenvalue weighted by Gasteiger charge is 2.34. The van der Waals surface area contributed by atoms with Gasteiger partial charge in [0, 0.05) is 12.1 Å². The highest BCUT2D eigenvalue weighted by atomic mass is 31.2. The lowest BCUT2D eigenvalue weighted by Crippen LogP contribution is -2.43. The van der Waals surface area contributed by atoms with Crippen molar-refractivity contribution >= 4 is 25.3 Å². The highest BCUT2D eigenvalue weighted by molar-refractivity contribution is 7.55. The molecule has 1 aromatic rings. The average Bonchev–Trinajstić information content (AvgIpc) is 2.73. The molecule has 0 saturated heterocycles. The molecular weight excluding hydrogens is 441 g/mol. The van der Waals surface area contributed by atoms with Gasteiger partial charge in [0.15, 0.2) is 0 Å². The second-order valence-electron chi connectivity index (χ2n) is 7.14. The molecule has 0 aliphatic carbocycles. The van der Waals surface area contributed by atoms with Crippen molar-refractivity contribution in [3.8, 4) is 5.75 Å². The molecule has 0 spiro atoms. The molecule has 0 heterocycles. The van der Waals surface area contributed by atoms with E-state index in [0.29, 0.717) is 12.8 Å². The van der Waals surface area contributed by atoms with Crippen molar-refractivity contribution in [2.24, 2.45) is 0 Å². The highest BCUT2D eigenvalue weighted by Crippen LogP contribution is 2.40. The molecule has 0 unspecified atom stereocenters. The number of non-ortho nitro benzene ring substituents is 1. The molecule has 0 aromatic heterocycles. The van der Waals surface area contributed by atoms with Crippen LogP contribution in [0, 0.1) is 10.1 Å². The SMILES string of the molecule is CCCCOC(=O)[C@H](C)NP(=O)(N[C@@H](C)C(=O)OCCCC)Oc1ccc([N+](=O)[O-])cc1. The van der Waals surface area contributed by atoms with Crippen molar-refractivity contribution in [1.29, 1.82) is 0 Å². The minimum Gasteiger partial charge on any atom is -0.465 e. The Labute approximate surface area is 187 Å². The van der Waals surface area contributed by atoms with Crippen LogP contribution in [0.5, 0.6) is 5.75 Å². The van der Waals surface area contributed by atoms with Gasteiger partial charge in [-0.05, 0) is 38.8 Å². The van der Waals surface area contributed by atoms with Crippen molar-refractivity contribution in [3.63, 3.8) is 0 Å². The van der Waals surface area contributed by atoms with Crippen LogP contribution in [0.3, 0.4) is 0 Å². The number of ether oxygens (including phenoxy) is 2. The number of hydrogen-bond donors (Lipinski definition) is 2. The van der Waals surface area contributed by atoms with Gasteiger partial charge in [-0.1, -0.05) is 26.7 Å². The number of nitrogens with zero attached hydrogens (tertiary/aromatic N) is 1. The Balaban J connectivity index is 2.97. The van der Waals surface area contributed by atoms with E-state index in [1.807, 2.05) is 13.8 Å². The molecule has 0 radical (unpaired) electrons. The number of esters is 2. The van der Waals surface area contributed by atoms with Crippen LogP contribution in [0.25, 0.3) is 0 Å². The van der Waals surface area contributed by atoms with Crippen LogP contribution in [0.4, 0.5) is 5.69 Å². The third kappa shape index (κ3) is 9.76. The summed E-state index contributed by atoms with van der Waals surface area (Å²) in [5.74, 6) is -1.23. The summed E-state index contributed by atoms with van der Waals surface area (Å²) in [6, 6.07) is 2.86. The maximum atomic E-state index is 13.5. The van der Waals surface area contributed by atoms with Crippen LogP contribution < -0.4 is 14.7 Å². The van der Waals surface area contributed by atoms with Gasteiger partial charge in [0.25, 0.3) is 5.69 Å². The number of hydrogen-bond acceptors (Lipinski definition) is 8. The van der Waals surface area contributed by atoms with Gasteiger partial charge >= 0.3 is 19.6 Å². The number of nitrogens with one attached hydrogen (secondary N) is 2. The minimum atomic E-state index is -4.05. The number of nitro groups is 1. The van der Waals surface area contributed by atoms with Crippen LogP contribution in [0.1, 0.15) is 53.4 Å². The van der Waals surface area contributed by atoms with E-state index in [2.05, 4.69) is 10.2 Å². The minimum absolute atomic E-state index is 0.0389. The number of rotatable bonds is 15. The quantitative estimate of drug-likeness (QED) is 0.127. The maximum Gasteiger partial charge on any atom is 0.391 e. The summed E-state index contributed by atoms with van der Waals surface area (Å²) in [5.41, 5.74) is -0.172. The zero-order valence-corrected chi connectivity index (χ0v) is 19.8. The largest absolute Gasteiger partial charge is 0.465 e. The molecule has 2 N–H and O–H groups in total. The number of carbonyl (C=O) groups excluding carboxylic acids is 2. The molecule has 2 atom stereocenters. The number of unbranched alkanes of at least 4 members (excludes halogenated alkanes) is 2. The monoisotopic (exact) mass is 473 g/mol. The van der Waals surface area contributed by atoms with Gasteiger partial charge in [-0.3, -0.25) is 19.7 Å². The van der Waals surface area contributed by atoms with Gasteiger partial charge in [-0.2, -0.15) is 0 Å². The zero-order valence-electron chi connectivity index (χ0n) is 18.9. The molecule has 32 heavy (non-hydrogen) atoms. The summed E-state index contributed by atoms with van der Waals surface area (Å²) in [6.07, 6.45) is 3.06. The Kier molecular flexibility index (Phi) is 11.9. The van der Waals surface area contributed by atoms with E-state index in [0.717, 1.165) is 12.8 Å². The zero-order chi connectivity index (χ0) is 24.1. The third-order valence-electron chi connectivity index (χ3n) is 4.20. The normalized spacial score (nSPS) is 13.1. The van der Waals surface area contributed by atoms with Crippen molar-refractivity contribution in [3.05, 3.63) is 34.4 Å². The lowest BCUT2D eigenvalue weighted by atomic mass is 10.3. The molecule has 0 saturated carbocycles. The fourth-order valence-electron chi connectivity index (χ4n) is 2.37. The van der Waals surface area contributed by atoms with E-state index in [1.54, 1.807) is 0 Å². The van der Waals surface area contributed by atoms with Gasteiger partial charge in [0.2, 0.25) is 0 Å². The molecule has 0 fully saturated rings. The van der Waals surface area contributed by atoms with Gasteiger partial charge in [-0.15, -0.1) is 0 Å². The molecule has 0 aliphatic rings. The Morgan fingerprint density at radius 1 is 0.969 bits per heavy atom. The Bertz CT molecular complexity index is 769. The molecule has 1 rings (SSSR count). The fraction of sp³-hybridized carbons (Fsp3) is 0.600. The van der Waals surface area contributed by atoms with Crippen LogP contribution >= 0.6 is 7.67 Å². The Hall–Kier alpha value is -2.49. The van der Waals surface area contributed by atoms with Crippen molar-refractivity contribution in [1.82, 2.24) is 10.2 Å². The fourth-order valence-corrected chi connectivity index (χ4v) is 4.20. The molecule has 0 aliphatic heterocycles. The van der Waals surface area contributed by atoms with Crippen LogP contribution in [-0.2, 0) is 23.6 Å². The van der Waals surface area contributed by atoms with Crippen molar-refractivity contribution in [2.75, 3.05) is 13.2 Å². The van der Waals surface area contributed by atoms with E-state index in [1.165, 1.54) is 38.1 Å². The van der Waals surface area contributed by atoms with E-state index in [4.69, 9.17) is 14.0 Å². The van der Waals surface area contributed by atoms with Crippen molar-refractivity contribution < 1.29 is 33.1 Å². The van der Waals surface area contributed by atoms with Gasteiger partial charge in [0.05, 0.1) is 18.1 Å². The molecular formula is C20H32N3O8P. The number of carbonyl (C=O) groups is 2. The molecule has 0 amide bonds. The van der Waals surface area contributed by atoms with Gasteiger partial charge in [0.1, 0.15) is 17.8 Å². The molecule has 0 bridgehead atoms. The summed E-state index contributed by atoms with van der Waals surface area (Å²) < 4.78 is 29.3. The lowest BCUT2D eigenvalue weighted by Gasteiger charge is -2.26. The lowest BCUT2D eigenvalue weighted by molar-refractivity contribution is -0.384. The van der Waals surface area contributed by atoms with E-state index in [-0.39, 0.29) is 24.7 Å². The first-order valence-corrected chi connectivity index (χ1v) is 12.2. The first-order chi connectivity index (χ1) is 15.1. The predicted molar refractivity (Wildman–Crippen MR) is 118 cm³/mol. The Morgan fingerprint density at radius 2 is 1.41 bits per heavy atom. The first-order valence-electron chi connectivity index (χ1n) is 10.5. The molecule has 1 aromatic carbocycles. The predicted octanol–water partition coefficient (Wildman–Crippen LogP) is 3.72. The van der Waals surface area contributed by atoms with E-state index >= 15 is 0 Å².